The SMILES string of the molecule is O=C(NCCn1ccnc1)Nc1cccc(C(=O)O)c1O. The molecule has 8 nitrogen and oxygen atoms in total. The molecule has 2 aromatic rings. The van der Waals surface area contributed by atoms with E-state index in [9.17, 15) is 14.7 Å². The van der Waals surface area contributed by atoms with Gasteiger partial charge in [-0.1, -0.05) is 6.07 Å². The number of anilines is 1. The first kappa shape index (κ1) is 14.4. The molecule has 110 valence electrons. The van der Waals surface area contributed by atoms with Gasteiger partial charge in [-0.2, -0.15) is 0 Å². The number of carbonyl (C=O) groups excluding carboxylic acids is 1. The number of amides is 2. The maximum atomic E-state index is 11.7. The van der Waals surface area contributed by atoms with Crippen molar-refractivity contribution >= 4 is 17.7 Å². The van der Waals surface area contributed by atoms with E-state index in [2.05, 4.69) is 15.6 Å². The van der Waals surface area contributed by atoms with Gasteiger partial charge in [-0.25, -0.2) is 14.6 Å². The maximum Gasteiger partial charge on any atom is 0.339 e. The summed E-state index contributed by atoms with van der Waals surface area (Å²) >= 11 is 0. The lowest BCUT2D eigenvalue weighted by Crippen LogP contribution is -2.31. The first-order chi connectivity index (χ1) is 10.1. The molecule has 1 aromatic heterocycles. The number of carboxylic acids is 1. The summed E-state index contributed by atoms with van der Waals surface area (Å²) < 4.78 is 1.79. The van der Waals surface area contributed by atoms with Crippen molar-refractivity contribution in [2.75, 3.05) is 11.9 Å². The van der Waals surface area contributed by atoms with Gasteiger partial charge in [-0.15, -0.1) is 0 Å². The molecular formula is C13H14N4O4. The Hall–Kier alpha value is -3.03. The Kier molecular flexibility index (Phi) is 4.39. The Labute approximate surface area is 120 Å². The lowest BCUT2D eigenvalue weighted by Gasteiger charge is -2.10. The van der Waals surface area contributed by atoms with Crippen LogP contribution < -0.4 is 10.6 Å². The molecule has 2 rings (SSSR count). The first-order valence-corrected chi connectivity index (χ1v) is 6.14. The van der Waals surface area contributed by atoms with Crippen molar-refractivity contribution < 1.29 is 19.8 Å². The average Bonchev–Trinajstić information content (AvgIpc) is 2.94. The number of hydrogen-bond donors (Lipinski definition) is 4. The molecule has 0 bridgehead atoms. The van der Waals surface area contributed by atoms with Crippen LogP contribution >= 0.6 is 0 Å². The Bertz CT molecular complexity index is 640. The minimum absolute atomic E-state index is 0.0371. The lowest BCUT2D eigenvalue weighted by atomic mass is 10.2. The smallest absolute Gasteiger partial charge is 0.339 e. The van der Waals surface area contributed by atoms with E-state index >= 15 is 0 Å². The highest BCUT2D eigenvalue weighted by Crippen LogP contribution is 2.27. The topological polar surface area (TPSA) is 116 Å². The van der Waals surface area contributed by atoms with E-state index in [1.54, 1.807) is 23.3 Å². The maximum absolute atomic E-state index is 11.7. The number of phenols is 1. The lowest BCUT2D eigenvalue weighted by molar-refractivity contribution is 0.0693. The van der Waals surface area contributed by atoms with E-state index in [1.807, 2.05) is 0 Å². The van der Waals surface area contributed by atoms with Gasteiger partial charge in [0.1, 0.15) is 5.56 Å². The molecule has 4 N–H and O–H groups in total. The van der Waals surface area contributed by atoms with Gasteiger partial charge in [0, 0.05) is 25.5 Å². The molecule has 0 unspecified atom stereocenters. The molecule has 0 spiro atoms. The predicted molar refractivity (Wildman–Crippen MR) is 74.3 cm³/mol. The van der Waals surface area contributed by atoms with Gasteiger partial charge in [-0.3, -0.25) is 0 Å². The predicted octanol–water partition coefficient (Wildman–Crippen LogP) is 1.11. The zero-order valence-corrected chi connectivity index (χ0v) is 11.0. The van der Waals surface area contributed by atoms with Gasteiger partial charge in [0.15, 0.2) is 5.75 Å². The number of benzene rings is 1. The van der Waals surface area contributed by atoms with E-state index in [0.717, 1.165) is 0 Å². The molecule has 1 aromatic carbocycles. The highest BCUT2D eigenvalue weighted by atomic mass is 16.4. The zero-order chi connectivity index (χ0) is 15.2. The van der Waals surface area contributed by atoms with Crippen LogP contribution in [0.5, 0.6) is 5.75 Å². The number of carbonyl (C=O) groups is 2. The van der Waals surface area contributed by atoms with Crippen LogP contribution in [0, 0.1) is 0 Å². The molecular weight excluding hydrogens is 276 g/mol. The molecule has 0 atom stereocenters. The van der Waals surface area contributed by atoms with E-state index in [-0.39, 0.29) is 11.3 Å². The number of nitrogens with zero attached hydrogens (tertiary/aromatic N) is 2. The summed E-state index contributed by atoms with van der Waals surface area (Å²) in [6, 6.07) is 3.56. The third-order valence-electron chi connectivity index (χ3n) is 2.73. The molecule has 2 amide bonds. The van der Waals surface area contributed by atoms with Crippen LogP contribution in [0.25, 0.3) is 0 Å². The number of hydrogen-bond acceptors (Lipinski definition) is 4. The molecule has 0 fully saturated rings. The molecule has 0 aliphatic heterocycles. The van der Waals surface area contributed by atoms with Crippen molar-refractivity contribution in [3.05, 3.63) is 42.5 Å². The summed E-state index contributed by atoms with van der Waals surface area (Å²) in [5.41, 5.74) is -0.235. The van der Waals surface area contributed by atoms with Gasteiger partial charge in [0.25, 0.3) is 0 Å². The summed E-state index contributed by atoms with van der Waals surface area (Å²) in [6.07, 6.45) is 5.03. The minimum atomic E-state index is -1.27. The van der Waals surface area contributed by atoms with Crippen LogP contribution in [0.2, 0.25) is 0 Å². The molecule has 0 saturated heterocycles. The molecule has 8 heteroatoms. The van der Waals surface area contributed by atoms with E-state index in [0.29, 0.717) is 13.1 Å². The summed E-state index contributed by atoms with van der Waals surface area (Å²) in [7, 11) is 0. The number of rotatable bonds is 5. The quantitative estimate of drug-likeness (QED) is 0.615. The van der Waals surface area contributed by atoms with Crippen LogP contribution in [-0.4, -0.2) is 38.3 Å². The molecule has 0 radical (unpaired) electrons. The van der Waals surface area contributed by atoms with Crippen LogP contribution in [0.4, 0.5) is 10.5 Å². The Morgan fingerprint density at radius 1 is 1.33 bits per heavy atom. The largest absolute Gasteiger partial charge is 0.505 e. The number of carboxylic acid groups (broad SMARTS) is 1. The third kappa shape index (κ3) is 3.72. The number of para-hydroxylation sites is 1. The fourth-order valence-electron chi connectivity index (χ4n) is 1.70. The Morgan fingerprint density at radius 3 is 2.81 bits per heavy atom. The van der Waals surface area contributed by atoms with E-state index < -0.39 is 17.7 Å². The van der Waals surface area contributed by atoms with Gasteiger partial charge < -0.3 is 25.4 Å². The molecule has 0 aliphatic rings. The number of aromatic hydroxyl groups is 1. The van der Waals surface area contributed by atoms with Crippen LogP contribution in [-0.2, 0) is 6.54 Å². The van der Waals surface area contributed by atoms with E-state index in [1.165, 1.54) is 18.2 Å². The number of aromatic nitrogens is 2. The normalized spacial score (nSPS) is 10.1. The minimum Gasteiger partial charge on any atom is -0.505 e. The van der Waals surface area contributed by atoms with Crippen LogP contribution in [0.1, 0.15) is 10.4 Å². The monoisotopic (exact) mass is 290 g/mol. The first-order valence-electron chi connectivity index (χ1n) is 6.14. The second kappa shape index (κ2) is 6.42. The molecule has 0 aliphatic carbocycles. The summed E-state index contributed by atoms with van der Waals surface area (Å²) in [5.74, 6) is -1.74. The van der Waals surface area contributed by atoms with Crippen molar-refractivity contribution in [3.63, 3.8) is 0 Å². The summed E-state index contributed by atoms with van der Waals surface area (Å²) in [6.45, 7) is 0.913. The fraction of sp³-hybridized carbons (Fsp3) is 0.154. The third-order valence-corrected chi connectivity index (χ3v) is 2.73. The van der Waals surface area contributed by atoms with Crippen molar-refractivity contribution in [3.8, 4) is 5.75 Å². The summed E-state index contributed by atoms with van der Waals surface area (Å²) in [5, 5.41) is 23.6. The number of nitrogens with one attached hydrogen (secondary N) is 2. The average molecular weight is 290 g/mol. The van der Waals surface area contributed by atoms with Gasteiger partial charge in [-0.05, 0) is 12.1 Å². The van der Waals surface area contributed by atoms with Gasteiger partial charge in [0.05, 0.1) is 12.0 Å². The van der Waals surface area contributed by atoms with Gasteiger partial charge in [0.2, 0.25) is 0 Å². The van der Waals surface area contributed by atoms with Gasteiger partial charge >= 0.3 is 12.0 Å². The molecule has 21 heavy (non-hydrogen) atoms. The zero-order valence-electron chi connectivity index (χ0n) is 11.0. The van der Waals surface area contributed by atoms with Crippen molar-refractivity contribution in [1.82, 2.24) is 14.9 Å². The highest BCUT2D eigenvalue weighted by Gasteiger charge is 2.14. The number of aromatic carboxylic acids is 1. The van der Waals surface area contributed by atoms with E-state index in [4.69, 9.17) is 5.11 Å². The number of urea groups is 1. The summed E-state index contributed by atoms with van der Waals surface area (Å²) in [4.78, 5) is 26.4. The Morgan fingerprint density at radius 2 is 2.14 bits per heavy atom. The second-order valence-electron chi connectivity index (χ2n) is 4.19. The second-order valence-corrected chi connectivity index (χ2v) is 4.19. The molecule has 1 heterocycles. The van der Waals surface area contributed by atoms with Crippen molar-refractivity contribution in [1.29, 1.82) is 0 Å². The fourth-order valence-corrected chi connectivity index (χ4v) is 1.70. The van der Waals surface area contributed by atoms with Crippen LogP contribution in [0.3, 0.4) is 0 Å². The van der Waals surface area contributed by atoms with Crippen molar-refractivity contribution in [2.24, 2.45) is 0 Å². The van der Waals surface area contributed by atoms with Crippen LogP contribution in [0.15, 0.2) is 36.9 Å². The Balaban J connectivity index is 1.90. The highest BCUT2D eigenvalue weighted by molar-refractivity contribution is 5.97. The van der Waals surface area contributed by atoms with Crippen molar-refractivity contribution in [2.45, 2.75) is 6.54 Å². The standard InChI is InChI=1S/C13H14N4O4/c18-11-9(12(19)20)2-1-3-10(11)16-13(21)15-5-7-17-6-4-14-8-17/h1-4,6,8,18H,5,7H2,(H,19,20)(H2,15,16,21). The number of imidazole rings is 1. The molecule has 0 saturated carbocycles.